The molecule has 0 bridgehead atoms. The van der Waals surface area contributed by atoms with Gasteiger partial charge in [-0.25, -0.2) is 4.79 Å². The summed E-state index contributed by atoms with van der Waals surface area (Å²) in [4.78, 5) is 74.0. The summed E-state index contributed by atoms with van der Waals surface area (Å²) >= 11 is 0. The number of carbonyl (C=O) groups excluding carboxylic acids is 5. The van der Waals surface area contributed by atoms with Gasteiger partial charge in [0.15, 0.2) is 0 Å². The minimum atomic E-state index is -1.56. The van der Waals surface area contributed by atoms with Gasteiger partial charge in [0.05, 0.1) is 12.5 Å². The van der Waals surface area contributed by atoms with Gasteiger partial charge in [-0.1, -0.05) is 12.1 Å². The molecule has 0 aliphatic carbocycles. The van der Waals surface area contributed by atoms with Gasteiger partial charge in [0.2, 0.25) is 29.5 Å². The van der Waals surface area contributed by atoms with Crippen LogP contribution in [0.3, 0.4) is 0 Å². The maximum Gasteiger partial charge on any atom is 0.326 e. The third-order valence-electron chi connectivity index (χ3n) is 5.88. The number of hydrogen-bond acceptors (Lipinski definition) is 8. The average molecular weight is 521 g/mol. The third-order valence-corrected chi connectivity index (χ3v) is 5.88. The number of nitrogens with two attached hydrogens (primary N) is 3. The molecule has 2 rings (SSSR count). The smallest absolute Gasteiger partial charge is 0.326 e. The highest BCUT2D eigenvalue weighted by Gasteiger charge is 2.39. The first-order valence-corrected chi connectivity index (χ1v) is 11.6. The molecule has 14 heteroatoms. The molecule has 5 amide bonds. The number of rotatable bonds is 13. The van der Waals surface area contributed by atoms with Gasteiger partial charge in [0.25, 0.3) is 0 Å². The monoisotopic (exact) mass is 520 g/mol. The molecule has 202 valence electrons. The minimum absolute atomic E-state index is 0.0485. The molecule has 1 aliphatic heterocycles. The molecular weight excluding hydrogens is 488 g/mol. The SMILES string of the molecule is NC(=O)CCC(NC(=O)C(N)Cc1ccc(O)cc1)C(=O)N1CCCC1C(=O)NC(CC(N)=O)C(=O)O. The molecule has 0 radical (unpaired) electrons. The quantitative estimate of drug-likeness (QED) is 0.144. The lowest BCUT2D eigenvalue weighted by molar-refractivity contribution is -0.146. The highest BCUT2D eigenvalue weighted by molar-refractivity contribution is 5.95. The van der Waals surface area contributed by atoms with E-state index in [0.29, 0.717) is 12.0 Å². The van der Waals surface area contributed by atoms with Gasteiger partial charge >= 0.3 is 5.97 Å². The van der Waals surface area contributed by atoms with Crippen molar-refractivity contribution in [2.75, 3.05) is 6.54 Å². The first-order valence-electron chi connectivity index (χ1n) is 11.6. The van der Waals surface area contributed by atoms with E-state index >= 15 is 0 Å². The molecule has 0 aromatic heterocycles. The Kier molecular flexibility index (Phi) is 10.4. The van der Waals surface area contributed by atoms with Crippen LogP contribution in [-0.2, 0) is 35.2 Å². The lowest BCUT2D eigenvalue weighted by Gasteiger charge is -2.29. The van der Waals surface area contributed by atoms with Gasteiger partial charge in [-0.2, -0.15) is 0 Å². The van der Waals surface area contributed by atoms with Crippen LogP contribution >= 0.6 is 0 Å². The topological polar surface area (TPSA) is 248 Å². The first-order chi connectivity index (χ1) is 17.4. The van der Waals surface area contributed by atoms with E-state index in [2.05, 4.69) is 10.6 Å². The number of carboxylic acid groups (broad SMARTS) is 1. The lowest BCUT2D eigenvalue weighted by Crippen LogP contribution is -2.57. The molecule has 1 saturated heterocycles. The highest BCUT2D eigenvalue weighted by atomic mass is 16.4. The summed E-state index contributed by atoms with van der Waals surface area (Å²) in [5.41, 5.74) is 16.9. The van der Waals surface area contributed by atoms with Gasteiger partial charge in [-0.3, -0.25) is 24.0 Å². The molecule has 4 atom stereocenters. The maximum absolute atomic E-state index is 13.3. The third kappa shape index (κ3) is 8.75. The van der Waals surface area contributed by atoms with Crippen LogP contribution in [-0.4, -0.2) is 81.3 Å². The predicted octanol–water partition coefficient (Wildman–Crippen LogP) is -2.55. The first kappa shape index (κ1) is 29.0. The van der Waals surface area contributed by atoms with Crippen molar-refractivity contribution in [2.45, 2.75) is 62.7 Å². The molecule has 0 spiro atoms. The van der Waals surface area contributed by atoms with Crippen molar-refractivity contribution in [2.24, 2.45) is 17.2 Å². The lowest BCUT2D eigenvalue weighted by atomic mass is 10.0. The Labute approximate surface area is 212 Å². The number of nitrogens with zero attached hydrogens (tertiary/aromatic N) is 1. The molecule has 1 heterocycles. The number of primary amides is 2. The molecule has 14 nitrogen and oxygen atoms in total. The van der Waals surface area contributed by atoms with Crippen LogP contribution in [0.5, 0.6) is 5.75 Å². The Balaban J connectivity index is 2.13. The zero-order valence-electron chi connectivity index (χ0n) is 20.1. The van der Waals surface area contributed by atoms with Gasteiger partial charge in [-0.15, -0.1) is 0 Å². The largest absolute Gasteiger partial charge is 0.508 e. The second-order valence-electron chi connectivity index (χ2n) is 8.80. The van der Waals surface area contributed by atoms with E-state index < -0.39 is 66.1 Å². The summed E-state index contributed by atoms with van der Waals surface area (Å²) < 4.78 is 0. The zero-order valence-corrected chi connectivity index (χ0v) is 20.1. The van der Waals surface area contributed by atoms with E-state index in [9.17, 15) is 39.0 Å². The van der Waals surface area contributed by atoms with Crippen molar-refractivity contribution < 1.29 is 39.0 Å². The second kappa shape index (κ2) is 13.2. The highest BCUT2D eigenvalue weighted by Crippen LogP contribution is 2.20. The summed E-state index contributed by atoms with van der Waals surface area (Å²) in [7, 11) is 0. The van der Waals surface area contributed by atoms with Crippen molar-refractivity contribution in [3.63, 3.8) is 0 Å². The van der Waals surface area contributed by atoms with Crippen LogP contribution in [0.25, 0.3) is 0 Å². The standard InChI is InChI=1S/C23H32N6O8/c24-14(10-12-3-5-13(30)6-4-12)20(33)27-15(7-8-18(25)31)22(35)29-9-1-2-17(29)21(34)28-16(23(36)37)11-19(26)32/h3-6,14-17,30H,1-2,7-11,24H2,(H2,25,31)(H2,26,32)(H,27,33)(H,28,34)(H,36,37). The molecule has 37 heavy (non-hydrogen) atoms. The Hall–Kier alpha value is -4.20. The van der Waals surface area contributed by atoms with E-state index in [4.69, 9.17) is 17.2 Å². The Morgan fingerprint density at radius 1 is 1.00 bits per heavy atom. The van der Waals surface area contributed by atoms with E-state index in [1.54, 1.807) is 12.1 Å². The van der Waals surface area contributed by atoms with Crippen molar-refractivity contribution in [3.8, 4) is 5.75 Å². The minimum Gasteiger partial charge on any atom is -0.508 e. The number of phenolic OH excluding ortho intramolecular Hbond substituents is 1. The molecule has 1 aromatic carbocycles. The van der Waals surface area contributed by atoms with E-state index in [1.165, 1.54) is 17.0 Å². The van der Waals surface area contributed by atoms with Crippen molar-refractivity contribution >= 4 is 35.5 Å². The van der Waals surface area contributed by atoms with Crippen molar-refractivity contribution in [1.82, 2.24) is 15.5 Å². The van der Waals surface area contributed by atoms with Crippen LogP contribution in [0.1, 0.15) is 37.7 Å². The Morgan fingerprint density at radius 3 is 2.22 bits per heavy atom. The van der Waals surface area contributed by atoms with E-state index in [0.717, 1.165) is 0 Å². The number of likely N-dealkylation sites (tertiary alicyclic amines) is 1. The normalized spacial score (nSPS) is 17.3. The fourth-order valence-electron chi connectivity index (χ4n) is 3.97. The molecule has 4 unspecified atom stereocenters. The van der Waals surface area contributed by atoms with Crippen LogP contribution in [0, 0.1) is 0 Å². The van der Waals surface area contributed by atoms with Gasteiger partial charge in [0.1, 0.15) is 23.9 Å². The number of carbonyl (C=O) groups is 6. The Morgan fingerprint density at radius 2 is 1.65 bits per heavy atom. The van der Waals surface area contributed by atoms with Gasteiger partial charge < -0.3 is 42.9 Å². The number of aliphatic carboxylic acids is 1. The fraction of sp³-hybridized carbons (Fsp3) is 0.478. The van der Waals surface area contributed by atoms with Crippen LogP contribution in [0.2, 0.25) is 0 Å². The maximum atomic E-state index is 13.3. The second-order valence-corrected chi connectivity index (χ2v) is 8.80. The molecular formula is C23H32N6O8. The number of phenols is 1. The van der Waals surface area contributed by atoms with Gasteiger partial charge in [0, 0.05) is 13.0 Å². The van der Waals surface area contributed by atoms with E-state index in [1.807, 2.05) is 0 Å². The number of benzene rings is 1. The number of nitrogens with one attached hydrogen (secondary N) is 2. The predicted molar refractivity (Wildman–Crippen MR) is 128 cm³/mol. The molecule has 1 fully saturated rings. The average Bonchev–Trinajstić information content (AvgIpc) is 3.31. The van der Waals surface area contributed by atoms with Crippen LogP contribution < -0.4 is 27.8 Å². The summed E-state index contributed by atoms with van der Waals surface area (Å²) in [5, 5.41) is 23.4. The molecule has 1 aromatic rings. The van der Waals surface area contributed by atoms with Crippen molar-refractivity contribution in [1.29, 1.82) is 0 Å². The van der Waals surface area contributed by atoms with Crippen LogP contribution in [0.4, 0.5) is 0 Å². The van der Waals surface area contributed by atoms with Gasteiger partial charge in [-0.05, 0) is 43.4 Å². The number of aromatic hydroxyl groups is 1. The summed E-state index contributed by atoms with van der Waals surface area (Å²) in [6.45, 7) is 0.146. The molecule has 0 saturated carbocycles. The zero-order chi connectivity index (χ0) is 27.7. The summed E-state index contributed by atoms with van der Waals surface area (Å²) in [5.74, 6) is -5.17. The fourth-order valence-corrected chi connectivity index (χ4v) is 3.97. The number of hydrogen-bond donors (Lipinski definition) is 7. The summed E-state index contributed by atoms with van der Waals surface area (Å²) in [6, 6.07) is 1.16. The summed E-state index contributed by atoms with van der Waals surface area (Å²) in [6.07, 6.45) is -0.248. The Bertz CT molecular complexity index is 1030. The number of amides is 5. The number of carboxylic acids is 1. The molecule has 10 N–H and O–H groups in total. The van der Waals surface area contributed by atoms with E-state index in [-0.39, 0.29) is 38.0 Å². The molecule has 1 aliphatic rings. The van der Waals surface area contributed by atoms with Crippen LogP contribution in [0.15, 0.2) is 24.3 Å². The van der Waals surface area contributed by atoms with Crippen molar-refractivity contribution in [3.05, 3.63) is 29.8 Å².